The van der Waals surface area contributed by atoms with Crippen molar-refractivity contribution in [1.29, 1.82) is 0 Å². The minimum atomic E-state index is -0.212. The van der Waals surface area contributed by atoms with E-state index >= 15 is 0 Å². The Morgan fingerprint density at radius 2 is 1.86 bits per heavy atom. The van der Waals surface area contributed by atoms with Gasteiger partial charge in [0, 0.05) is 11.4 Å². The highest BCUT2D eigenvalue weighted by atomic mass is 16.2. The number of rotatable bonds is 3. The van der Waals surface area contributed by atoms with Crippen LogP contribution < -0.4 is 10.2 Å². The van der Waals surface area contributed by atoms with E-state index in [1.54, 1.807) is 4.90 Å². The molecule has 0 unspecified atom stereocenters. The molecule has 0 bridgehead atoms. The molecule has 29 heavy (non-hydrogen) atoms. The Labute approximate surface area is 171 Å². The van der Waals surface area contributed by atoms with Crippen molar-refractivity contribution >= 4 is 34.6 Å². The lowest BCUT2D eigenvalue weighted by Gasteiger charge is -2.25. The fourth-order valence-electron chi connectivity index (χ4n) is 4.15. The summed E-state index contributed by atoms with van der Waals surface area (Å²) < 4.78 is 0. The first-order valence-corrected chi connectivity index (χ1v) is 10.2. The second-order valence-corrected chi connectivity index (χ2v) is 8.26. The summed E-state index contributed by atoms with van der Waals surface area (Å²) in [5, 5.41) is 2.99. The molecule has 1 saturated carbocycles. The maximum atomic E-state index is 13.4. The van der Waals surface area contributed by atoms with Gasteiger partial charge in [0.15, 0.2) is 0 Å². The third-order valence-electron chi connectivity index (χ3n) is 6.01. The lowest BCUT2D eigenvalue weighted by molar-refractivity contribution is -0.122. The van der Waals surface area contributed by atoms with Gasteiger partial charge in [-0.15, -0.1) is 0 Å². The van der Waals surface area contributed by atoms with Gasteiger partial charge in [0.05, 0.1) is 17.3 Å². The summed E-state index contributed by atoms with van der Waals surface area (Å²) in [7, 11) is 0. The number of hydrogen-bond acceptors (Lipinski definition) is 3. The number of aryl methyl sites for hydroxylation is 4. The summed E-state index contributed by atoms with van der Waals surface area (Å²) in [6, 6.07) is 9.98. The largest absolute Gasteiger partial charge is 0.324 e. The van der Waals surface area contributed by atoms with E-state index in [0.29, 0.717) is 0 Å². The summed E-state index contributed by atoms with van der Waals surface area (Å²) in [5.74, 6) is -0.423. The summed E-state index contributed by atoms with van der Waals surface area (Å²) in [4.78, 5) is 32.8. The lowest BCUT2D eigenvalue weighted by atomic mass is 10.0. The predicted molar refractivity (Wildman–Crippen MR) is 117 cm³/mol. The number of nitrogens with zero attached hydrogens (tertiary/aromatic N) is 2. The van der Waals surface area contributed by atoms with Crippen LogP contribution in [0.4, 0.5) is 17.1 Å². The molecular formula is C24H27N3O2. The molecular weight excluding hydrogens is 362 g/mol. The Kier molecular flexibility index (Phi) is 4.99. The van der Waals surface area contributed by atoms with Crippen LogP contribution in [0.15, 0.2) is 35.3 Å². The van der Waals surface area contributed by atoms with Crippen molar-refractivity contribution in [2.24, 2.45) is 10.9 Å². The minimum absolute atomic E-state index is 0.0129. The Bertz CT molecular complexity index is 1040. The molecule has 2 amide bonds. The van der Waals surface area contributed by atoms with Crippen LogP contribution in [-0.4, -0.2) is 24.1 Å². The maximum absolute atomic E-state index is 13.4. The molecule has 1 N–H and O–H groups in total. The van der Waals surface area contributed by atoms with E-state index in [-0.39, 0.29) is 24.3 Å². The van der Waals surface area contributed by atoms with Gasteiger partial charge in [-0.05, 0) is 87.4 Å². The number of aliphatic imine (C=N–C) groups is 1. The van der Waals surface area contributed by atoms with E-state index in [9.17, 15) is 9.59 Å². The van der Waals surface area contributed by atoms with Gasteiger partial charge in [-0.2, -0.15) is 0 Å². The van der Waals surface area contributed by atoms with Crippen LogP contribution in [0.3, 0.4) is 0 Å². The number of amides is 2. The van der Waals surface area contributed by atoms with E-state index in [1.807, 2.05) is 58.0 Å². The van der Waals surface area contributed by atoms with Crippen LogP contribution in [0.2, 0.25) is 0 Å². The van der Waals surface area contributed by atoms with Crippen molar-refractivity contribution in [3.63, 3.8) is 0 Å². The minimum Gasteiger partial charge on any atom is -0.324 e. The molecule has 1 heterocycles. The molecule has 5 heteroatoms. The van der Waals surface area contributed by atoms with Crippen molar-refractivity contribution in [2.75, 3.05) is 16.8 Å². The molecule has 2 aliphatic rings. The summed E-state index contributed by atoms with van der Waals surface area (Å²) in [6.45, 7) is 8.01. The van der Waals surface area contributed by atoms with E-state index < -0.39 is 0 Å². The number of anilines is 2. The normalized spacial score (nSPS) is 18.1. The molecule has 1 atom stereocenters. The highest BCUT2D eigenvalue weighted by molar-refractivity contribution is 6.17. The summed E-state index contributed by atoms with van der Waals surface area (Å²) in [6.07, 6.45) is 2.63. The van der Waals surface area contributed by atoms with Crippen LogP contribution in [0, 0.1) is 33.6 Å². The molecule has 2 aromatic carbocycles. The van der Waals surface area contributed by atoms with E-state index in [2.05, 4.69) is 5.32 Å². The highest BCUT2D eigenvalue weighted by Gasteiger charge is 2.37. The third kappa shape index (κ3) is 3.69. The fourth-order valence-corrected chi connectivity index (χ4v) is 4.15. The standard InChI is InChI=1S/C24H27N3O2/c1-14-8-9-15(2)20(10-14)26-23(28)13-27-22-12-17(4)16(3)11-21(22)25-19-7-5-6-18(19)24(27)29/h8-12,18H,5-7,13H2,1-4H3,(H,26,28)/t18-/m0/s1. The van der Waals surface area contributed by atoms with Gasteiger partial charge >= 0.3 is 0 Å². The van der Waals surface area contributed by atoms with Crippen molar-refractivity contribution in [2.45, 2.75) is 47.0 Å². The van der Waals surface area contributed by atoms with Gasteiger partial charge in [-0.25, -0.2) is 0 Å². The first kappa shape index (κ1) is 19.4. The van der Waals surface area contributed by atoms with E-state index in [0.717, 1.165) is 64.3 Å². The maximum Gasteiger partial charge on any atom is 0.244 e. The van der Waals surface area contributed by atoms with Gasteiger partial charge in [-0.3, -0.25) is 14.6 Å². The monoisotopic (exact) mass is 389 g/mol. The number of fused-ring (bicyclic) bond motifs is 2. The second kappa shape index (κ2) is 7.47. The summed E-state index contributed by atoms with van der Waals surface area (Å²) >= 11 is 0. The molecule has 2 aromatic rings. The van der Waals surface area contributed by atoms with E-state index in [4.69, 9.17) is 4.99 Å². The Balaban J connectivity index is 1.67. The smallest absolute Gasteiger partial charge is 0.244 e. The zero-order valence-electron chi connectivity index (χ0n) is 17.5. The average molecular weight is 389 g/mol. The first-order valence-electron chi connectivity index (χ1n) is 10.2. The van der Waals surface area contributed by atoms with Crippen LogP contribution in [0.25, 0.3) is 0 Å². The third-order valence-corrected chi connectivity index (χ3v) is 6.01. The van der Waals surface area contributed by atoms with Crippen LogP contribution in [-0.2, 0) is 9.59 Å². The van der Waals surface area contributed by atoms with Gasteiger partial charge in [0.2, 0.25) is 11.8 Å². The predicted octanol–water partition coefficient (Wildman–Crippen LogP) is 4.78. The SMILES string of the molecule is Cc1ccc(C)c(NC(=O)CN2C(=O)[C@H]3CCCC3=Nc3cc(C)c(C)cc32)c1. The van der Waals surface area contributed by atoms with Gasteiger partial charge in [0.1, 0.15) is 6.54 Å². The lowest BCUT2D eigenvalue weighted by Crippen LogP contribution is -2.42. The molecule has 5 nitrogen and oxygen atoms in total. The van der Waals surface area contributed by atoms with Crippen molar-refractivity contribution in [3.8, 4) is 0 Å². The fraction of sp³-hybridized carbons (Fsp3) is 0.375. The van der Waals surface area contributed by atoms with Crippen LogP contribution in [0.5, 0.6) is 0 Å². The topological polar surface area (TPSA) is 61.8 Å². The Morgan fingerprint density at radius 1 is 1.10 bits per heavy atom. The second-order valence-electron chi connectivity index (χ2n) is 8.26. The molecule has 0 saturated heterocycles. The molecule has 0 spiro atoms. The number of carbonyl (C=O) groups excluding carboxylic acids is 2. The zero-order chi connectivity index (χ0) is 20.7. The van der Waals surface area contributed by atoms with Gasteiger partial charge in [0.25, 0.3) is 0 Å². The van der Waals surface area contributed by atoms with Crippen molar-refractivity contribution in [3.05, 3.63) is 52.6 Å². The molecule has 0 aromatic heterocycles. The van der Waals surface area contributed by atoms with Crippen molar-refractivity contribution in [1.82, 2.24) is 0 Å². The number of nitrogens with one attached hydrogen (secondary N) is 1. The van der Waals surface area contributed by atoms with Crippen LogP contribution in [0.1, 0.15) is 41.5 Å². The molecule has 1 fully saturated rings. The zero-order valence-corrected chi connectivity index (χ0v) is 17.5. The molecule has 4 rings (SSSR count). The Hall–Kier alpha value is -2.95. The van der Waals surface area contributed by atoms with Crippen LogP contribution >= 0.6 is 0 Å². The molecule has 1 aliphatic heterocycles. The quantitative estimate of drug-likeness (QED) is 0.821. The van der Waals surface area contributed by atoms with Crippen molar-refractivity contribution < 1.29 is 9.59 Å². The first-order chi connectivity index (χ1) is 13.8. The molecule has 1 aliphatic carbocycles. The number of hydrogen-bond donors (Lipinski definition) is 1. The Morgan fingerprint density at radius 3 is 2.66 bits per heavy atom. The number of carbonyl (C=O) groups is 2. The van der Waals surface area contributed by atoms with E-state index in [1.165, 1.54) is 0 Å². The molecule has 150 valence electrons. The number of benzene rings is 2. The average Bonchev–Trinajstić information content (AvgIpc) is 3.10. The molecule has 0 radical (unpaired) electrons. The van der Waals surface area contributed by atoms with Gasteiger partial charge in [-0.1, -0.05) is 12.1 Å². The van der Waals surface area contributed by atoms with Gasteiger partial charge < -0.3 is 10.2 Å². The highest BCUT2D eigenvalue weighted by Crippen LogP contribution is 2.39. The summed E-state index contributed by atoms with van der Waals surface area (Å²) in [5.41, 5.74) is 7.57.